The summed E-state index contributed by atoms with van der Waals surface area (Å²) in [7, 11) is 1.73. The summed E-state index contributed by atoms with van der Waals surface area (Å²) in [6.07, 6.45) is 7.71. The van der Waals surface area contributed by atoms with Gasteiger partial charge in [0, 0.05) is 45.5 Å². The number of likely N-dealkylation sites (tertiary alicyclic amines) is 1. The van der Waals surface area contributed by atoms with E-state index >= 15 is 0 Å². The highest BCUT2D eigenvalue weighted by molar-refractivity contribution is 5.01. The summed E-state index contributed by atoms with van der Waals surface area (Å²) in [5.74, 6) is 0. The van der Waals surface area contributed by atoms with Crippen LogP contribution in [0.4, 0.5) is 0 Å². The van der Waals surface area contributed by atoms with E-state index in [0.717, 1.165) is 19.7 Å². The molecule has 0 atom stereocenters. The molecular weight excluding hydrogens is 252 g/mol. The summed E-state index contributed by atoms with van der Waals surface area (Å²) in [6.45, 7) is 8.44. The zero-order chi connectivity index (χ0) is 14.2. The molecule has 2 rings (SSSR count). The lowest BCUT2D eigenvalue weighted by Crippen LogP contribution is -2.35. The molecule has 0 saturated carbocycles. The minimum atomic E-state index is 0.616. The van der Waals surface area contributed by atoms with Gasteiger partial charge in [-0.15, -0.1) is 0 Å². The maximum atomic E-state index is 5.05. The van der Waals surface area contributed by atoms with Crippen LogP contribution in [0, 0.1) is 0 Å². The predicted molar refractivity (Wildman–Crippen MR) is 80.8 cm³/mol. The molecule has 0 bridgehead atoms. The van der Waals surface area contributed by atoms with Crippen molar-refractivity contribution in [2.75, 3.05) is 39.9 Å². The molecule has 0 aromatic carbocycles. The van der Waals surface area contributed by atoms with Crippen molar-refractivity contribution in [1.29, 1.82) is 0 Å². The maximum Gasteiger partial charge on any atom is 0.0951 e. The van der Waals surface area contributed by atoms with E-state index in [2.05, 4.69) is 26.7 Å². The molecule has 5 nitrogen and oxygen atoms in total. The molecule has 0 radical (unpaired) electrons. The van der Waals surface area contributed by atoms with Crippen LogP contribution in [0.15, 0.2) is 12.5 Å². The Balaban J connectivity index is 1.82. The summed E-state index contributed by atoms with van der Waals surface area (Å²) in [5.41, 5.74) is 1.29. The van der Waals surface area contributed by atoms with Gasteiger partial charge in [0.05, 0.1) is 18.6 Å². The molecule has 1 saturated heterocycles. The molecule has 1 aliphatic heterocycles. The highest BCUT2D eigenvalue weighted by atomic mass is 16.5. The lowest BCUT2D eigenvalue weighted by atomic mass is 10.0. The average Bonchev–Trinajstić information content (AvgIpc) is 2.93. The molecule has 1 aromatic heterocycles. The van der Waals surface area contributed by atoms with Gasteiger partial charge in [0.1, 0.15) is 0 Å². The Morgan fingerprint density at radius 2 is 2.20 bits per heavy atom. The van der Waals surface area contributed by atoms with Gasteiger partial charge >= 0.3 is 0 Å². The largest absolute Gasteiger partial charge is 0.383 e. The van der Waals surface area contributed by atoms with Crippen molar-refractivity contribution in [2.45, 2.75) is 38.8 Å². The fourth-order valence-electron chi connectivity index (χ4n) is 2.93. The van der Waals surface area contributed by atoms with E-state index in [1.165, 1.54) is 44.6 Å². The van der Waals surface area contributed by atoms with Gasteiger partial charge in [0.15, 0.2) is 0 Å². The molecule has 20 heavy (non-hydrogen) atoms. The number of methoxy groups -OCH3 is 1. The molecule has 0 aliphatic carbocycles. The molecule has 114 valence electrons. The summed E-state index contributed by atoms with van der Waals surface area (Å²) >= 11 is 0. The monoisotopic (exact) mass is 280 g/mol. The lowest BCUT2D eigenvalue weighted by Gasteiger charge is -2.33. The Hall–Kier alpha value is -0.910. The van der Waals surface area contributed by atoms with Crippen LogP contribution in [0.2, 0.25) is 0 Å². The van der Waals surface area contributed by atoms with E-state index in [-0.39, 0.29) is 0 Å². The molecule has 1 fully saturated rings. The molecule has 1 aromatic rings. The van der Waals surface area contributed by atoms with Gasteiger partial charge < -0.3 is 19.5 Å². The number of nitrogens with one attached hydrogen (secondary N) is 1. The number of rotatable bonds is 8. The third kappa shape index (κ3) is 4.30. The van der Waals surface area contributed by atoms with Crippen LogP contribution in [0.5, 0.6) is 0 Å². The topological polar surface area (TPSA) is 42.3 Å². The van der Waals surface area contributed by atoms with Gasteiger partial charge in [-0.2, -0.15) is 0 Å². The highest BCUT2D eigenvalue weighted by Gasteiger charge is 2.21. The SMILES string of the molecule is CCCN1CCC(n2cncc2CNCCOC)CC1. The Bertz CT molecular complexity index is 372. The zero-order valence-corrected chi connectivity index (χ0v) is 12.8. The minimum absolute atomic E-state index is 0.616. The summed E-state index contributed by atoms with van der Waals surface area (Å²) in [5, 5.41) is 3.40. The van der Waals surface area contributed by atoms with Crippen molar-refractivity contribution >= 4 is 0 Å². The normalized spacial score (nSPS) is 17.7. The molecular formula is C15H28N4O. The van der Waals surface area contributed by atoms with Gasteiger partial charge in [0.25, 0.3) is 0 Å². The smallest absolute Gasteiger partial charge is 0.0951 e. The van der Waals surface area contributed by atoms with E-state index in [0.29, 0.717) is 6.04 Å². The third-order valence-corrected chi connectivity index (χ3v) is 4.03. The Labute approximate surface area is 122 Å². The van der Waals surface area contributed by atoms with Crippen molar-refractivity contribution in [3.8, 4) is 0 Å². The number of nitrogens with zero attached hydrogens (tertiary/aromatic N) is 3. The Morgan fingerprint density at radius 1 is 1.40 bits per heavy atom. The van der Waals surface area contributed by atoms with Gasteiger partial charge in [-0.1, -0.05) is 6.92 Å². The number of aromatic nitrogens is 2. The quantitative estimate of drug-likeness (QED) is 0.736. The van der Waals surface area contributed by atoms with Gasteiger partial charge in [0.2, 0.25) is 0 Å². The van der Waals surface area contributed by atoms with E-state index in [1.807, 2.05) is 12.5 Å². The minimum Gasteiger partial charge on any atom is -0.383 e. The lowest BCUT2D eigenvalue weighted by molar-refractivity contribution is 0.184. The first-order valence-electron chi connectivity index (χ1n) is 7.77. The standard InChI is InChI=1S/C15H28N4O/c1-3-7-18-8-4-14(5-9-18)19-13-17-12-15(19)11-16-6-10-20-2/h12-14,16H,3-11H2,1-2H3. The van der Waals surface area contributed by atoms with Crippen molar-refractivity contribution in [3.63, 3.8) is 0 Å². The third-order valence-electron chi connectivity index (χ3n) is 4.03. The first kappa shape index (κ1) is 15.5. The van der Waals surface area contributed by atoms with Crippen LogP contribution in [0.25, 0.3) is 0 Å². The van der Waals surface area contributed by atoms with Crippen molar-refractivity contribution in [3.05, 3.63) is 18.2 Å². The second-order valence-corrected chi connectivity index (χ2v) is 5.53. The first-order chi connectivity index (χ1) is 9.85. The van der Waals surface area contributed by atoms with Gasteiger partial charge in [-0.05, 0) is 25.8 Å². The second kappa shape index (κ2) is 8.39. The van der Waals surface area contributed by atoms with Crippen LogP contribution < -0.4 is 5.32 Å². The van der Waals surface area contributed by atoms with E-state index in [4.69, 9.17) is 4.74 Å². The fraction of sp³-hybridized carbons (Fsp3) is 0.800. The number of ether oxygens (including phenoxy) is 1. The highest BCUT2D eigenvalue weighted by Crippen LogP contribution is 2.23. The van der Waals surface area contributed by atoms with Crippen LogP contribution in [-0.4, -0.2) is 54.3 Å². The molecule has 0 spiro atoms. The summed E-state index contributed by atoms with van der Waals surface area (Å²) < 4.78 is 7.42. The first-order valence-corrected chi connectivity index (χ1v) is 7.77. The van der Waals surface area contributed by atoms with Crippen LogP contribution in [0.3, 0.4) is 0 Å². The number of imidazole rings is 1. The van der Waals surface area contributed by atoms with E-state index in [9.17, 15) is 0 Å². The zero-order valence-electron chi connectivity index (χ0n) is 12.8. The average molecular weight is 280 g/mol. The molecule has 2 heterocycles. The van der Waals surface area contributed by atoms with Gasteiger partial charge in [-0.25, -0.2) is 4.98 Å². The van der Waals surface area contributed by atoms with Crippen molar-refractivity contribution in [2.24, 2.45) is 0 Å². The second-order valence-electron chi connectivity index (χ2n) is 5.53. The number of piperidine rings is 1. The molecule has 0 amide bonds. The number of hydrogen-bond donors (Lipinski definition) is 1. The molecule has 1 aliphatic rings. The Kier molecular flexibility index (Phi) is 6.50. The number of hydrogen-bond acceptors (Lipinski definition) is 4. The predicted octanol–water partition coefficient (Wildman–Crippen LogP) is 1.67. The van der Waals surface area contributed by atoms with E-state index < -0.39 is 0 Å². The van der Waals surface area contributed by atoms with Crippen molar-refractivity contribution in [1.82, 2.24) is 19.8 Å². The summed E-state index contributed by atoms with van der Waals surface area (Å²) in [6, 6.07) is 0.616. The molecule has 5 heteroatoms. The molecule has 1 N–H and O–H groups in total. The summed E-state index contributed by atoms with van der Waals surface area (Å²) in [4.78, 5) is 6.90. The Morgan fingerprint density at radius 3 is 2.90 bits per heavy atom. The van der Waals surface area contributed by atoms with E-state index in [1.54, 1.807) is 7.11 Å². The fourth-order valence-corrected chi connectivity index (χ4v) is 2.93. The van der Waals surface area contributed by atoms with Gasteiger partial charge in [-0.3, -0.25) is 0 Å². The van der Waals surface area contributed by atoms with Crippen LogP contribution in [-0.2, 0) is 11.3 Å². The van der Waals surface area contributed by atoms with Crippen molar-refractivity contribution < 1.29 is 4.74 Å². The van der Waals surface area contributed by atoms with Crippen LogP contribution in [0.1, 0.15) is 37.9 Å². The maximum absolute atomic E-state index is 5.05. The molecule has 0 unspecified atom stereocenters. The van der Waals surface area contributed by atoms with Crippen LogP contribution >= 0.6 is 0 Å².